The van der Waals surface area contributed by atoms with E-state index >= 15 is 0 Å². The van der Waals surface area contributed by atoms with Crippen LogP contribution in [0, 0.1) is 0 Å². The first kappa shape index (κ1) is 21.4. The topological polar surface area (TPSA) is 46.9 Å². The third kappa shape index (κ3) is 4.47. The van der Waals surface area contributed by atoms with Crippen LogP contribution in [-0.4, -0.2) is 22.0 Å². The highest BCUT2D eigenvalue weighted by Gasteiger charge is 2.36. The molecule has 1 aromatic heterocycles. The highest BCUT2D eigenvalue weighted by molar-refractivity contribution is 6.31. The largest absolute Gasteiger partial charge is 0.349 e. The van der Waals surface area contributed by atoms with Crippen LogP contribution in [0.4, 0.5) is 0 Å². The molecule has 0 unspecified atom stereocenters. The summed E-state index contributed by atoms with van der Waals surface area (Å²) in [7, 11) is 0. The summed E-state index contributed by atoms with van der Waals surface area (Å²) < 4.78 is 1.97. The highest BCUT2D eigenvalue weighted by atomic mass is 35.5. The molecule has 0 radical (unpaired) electrons. The number of nitrogens with zero attached hydrogens (tertiary/aromatic N) is 2. The lowest BCUT2D eigenvalue weighted by Gasteiger charge is -2.37. The quantitative estimate of drug-likeness (QED) is 0.372. The van der Waals surface area contributed by atoms with E-state index in [1.54, 1.807) is 36.8 Å². The Morgan fingerprint density at radius 1 is 0.806 bits per heavy atom. The number of rotatable bonds is 6. The molecule has 0 aliphatic rings. The van der Waals surface area contributed by atoms with Crippen molar-refractivity contribution in [3.8, 4) is 0 Å². The second kappa shape index (κ2) is 9.15. The van der Waals surface area contributed by atoms with Crippen LogP contribution in [0.25, 0.3) is 0 Å². The molecular weight excluding hydrogens is 453 g/mol. The summed E-state index contributed by atoms with van der Waals surface area (Å²) in [6.07, 6.45) is 5.32. The van der Waals surface area contributed by atoms with Gasteiger partial charge in [-0.3, -0.25) is 4.79 Å². The van der Waals surface area contributed by atoms with E-state index in [4.69, 9.17) is 34.8 Å². The Morgan fingerprint density at radius 2 is 1.29 bits per heavy atom. The van der Waals surface area contributed by atoms with E-state index in [0.717, 1.165) is 11.1 Å². The number of benzene rings is 3. The molecule has 156 valence electrons. The molecule has 1 heterocycles. The second-order valence-corrected chi connectivity index (χ2v) is 8.34. The summed E-state index contributed by atoms with van der Waals surface area (Å²) in [5, 5.41) is 4.91. The summed E-state index contributed by atoms with van der Waals surface area (Å²) in [6.45, 7) is 0.272. The number of imidazole rings is 1. The maximum absolute atomic E-state index is 12.9. The zero-order valence-corrected chi connectivity index (χ0v) is 18.6. The van der Waals surface area contributed by atoms with Crippen molar-refractivity contribution < 1.29 is 4.79 Å². The first-order valence-corrected chi connectivity index (χ1v) is 10.7. The molecule has 1 amide bonds. The minimum absolute atomic E-state index is 0.205. The Bertz CT molecular complexity index is 1110. The Balaban J connectivity index is 1.80. The lowest BCUT2D eigenvalue weighted by molar-refractivity contribution is 0.0943. The monoisotopic (exact) mass is 469 g/mol. The maximum atomic E-state index is 12.9. The third-order valence-electron chi connectivity index (χ3n) is 5.20. The predicted octanol–water partition coefficient (Wildman–Crippen LogP) is 6.07. The van der Waals surface area contributed by atoms with Gasteiger partial charge in [0.25, 0.3) is 5.91 Å². The Kier molecular flexibility index (Phi) is 6.33. The fourth-order valence-corrected chi connectivity index (χ4v) is 3.99. The SMILES string of the molecule is O=C(NCC(c1ccc(Cl)cc1)(c1ccc(Cl)cc1)n1ccnc1)c1ccc(Cl)cc1. The van der Waals surface area contributed by atoms with Crippen LogP contribution in [0.2, 0.25) is 15.1 Å². The van der Waals surface area contributed by atoms with Crippen LogP contribution in [0.5, 0.6) is 0 Å². The van der Waals surface area contributed by atoms with Crippen LogP contribution in [-0.2, 0) is 5.54 Å². The van der Waals surface area contributed by atoms with E-state index in [1.165, 1.54) is 0 Å². The first-order valence-electron chi connectivity index (χ1n) is 9.53. The highest BCUT2D eigenvalue weighted by Crippen LogP contribution is 2.35. The Hall–Kier alpha value is -2.79. The molecule has 0 saturated heterocycles. The molecule has 7 heteroatoms. The molecule has 0 aliphatic carbocycles. The predicted molar refractivity (Wildman–Crippen MR) is 125 cm³/mol. The van der Waals surface area contributed by atoms with Crippen molar-refractivity contribution in [1.29, 1.82) is 0 Å². The first-order chi connectivity index (χ1) is 15.0. The summed E-state index contributed by atoms with van der Waals surface area (Å²) in [6, 6.07) is 21.9. The lowest BCUT2D eigenvalue weighted by atomic mass is 9.82. The number of halogens is 3. The normalized spacial score (nSPS) is 11.3. The van der Waals surface area contributed by atoms with Crippen LogP contribution >= 0.6 is 34.8 Å². The van der Waals surface area contributed by atoms with E-state index in [-0.39, 0.29) is 12.5 Å². The molecule has 0 aliphatic heterocycles. The zero-order chi connectivity index (χ0) is 21.8. The molecule has 0 bridgehead atoms. The van der Waals surface area contributed by atoms with Crippen LogP contribution in [0.3, 0.4) is 0 Å². The molecule has 0 spiro atoms. The van der Waals surface area contributed by atoms with E-state index in [2.05, 4.69) is 10.3 Å². The lowest BCUT2D eigenvalue weighted by Crippen LogP contribution is -2.46. The standard InChI is InChI=1S/C24H18Cl3N3O/c25-20-7-1-17(2-8-20)23(31)29-15-24(30-14-13-28-16-30,18-3-9-21(26)10-4-18)19-5-11-22(27)12-6-19/h1-14,16H,15H2,(H,29,31). The van der Waals surface area contributed by atoms with E-state index in [0.29, 0.717) is 20.6 Å². The Labute approximate surface area is 195 Å². The number of amides is 1. The number of nitrogens with one attached hydrogen (secondary N) is 1. The molecule has 1 N–H and O–H groups in total. The molecule has 4 rings (SSSR count). The van der Waals surface area contributed by atoms with Crippen molar-refractivity contribution in [2.24, 2.45) is 0 Å². The molecule has 0 saturated carbocycles. The number of hydrogen-bond donors (Lipinski definition) is 1. The summed E-state index contributed by atoms with van der Waals surface area (Å²) in [4.78, 5) is 17.2. The summed E-state index contributed by atoms with van der Waals surface area (Å²) in [5.74, 6) is -0.205. The van der Waals surface area contributed by atoms with Crippen LogP contribution < -0.4 is 5.32 Å². The fourth-order valence-electron chi connectivity index (χ4n) is 3.61. The minimum Gasteiger partial charge on any atom is -0.349 e. The number of carbonyl (C=O) groups is 1. The van der Waals surface area contributed by atoms with Gasteiger partial charge in [-0.05, 0) is 59.7 Å². The summed E-state index contributed by atoms with van der Waals surface area (Å²) in [5.41, 5.74) is 1.63. The smallest absolute Gasteiger partial charge is 0.251 e. The average molecular weight is 471 g/mol. The van der Waals surface area contributed by atoms with Gasteiger partial charge in [-0.25, -0.2) is 4.98 Å². The van der Waals surface area contributed by atoms with Crippen molar-refractivity contribution in [3.63, 3.8) is 0 Å². The summed E-state index contributed by atoms with van der Waals surface area (Å²) >= 11 is 18.3. The van der Waals surface area contributed by atoms with Gasteiger partial charge in [-0.2, -0.15) is 0 Å². The van der Waals surface area contributed by atoms with Gasteiger partial charge in [0.05, 0.1) is 6.33 Å². The van der Waals surface area contributed by atoms with Crippen molar-refractivity contribution in [2.45, 2.75) is 5.54 Å². The molecule has 0 fully saturated rings. The zero-order valence-electron chi connectivity index (χ0n) is 16.3. The van der Waals surface area contributed by atoms with Gasteiger partial charge >= 0.3 is 0 Å². The van der Waals surface area contributed by atoms with Gasteiger partial charge in [-0.1, -0.05) is 59.1 Å². The Morgan fingerprint density at radius 3 is 1.74 bits per heavy atom. The maximum Gasteiger partial charge on any atom is 0.251 e. The number of carbonyl (C=O) groups excluding carboxylic acids is 1. The molecule has 4 aromatic rings. The van der Waals surface area contributed by atoms with Crippen molar-refractivity contribution in [2.75, 3.05) is 6.54 Å². The van der Waals surface area contributed by atoms with Gasteiger partial charge in [-0.15, -0.1) is 0 Å². The van der Waals surface area contributed by atoms with Crippen molar-refractivity contribution >= 4 is 40.7 Å². The van der Waals surface area contributed by atoms with Crippen molar-refractivity contribution in [1.82, 2.24) is 14.9 Å². The molecule has 4 nitrogen and oxygen atoms in total. The number of hydrogen-bond acceptors (Lipinski definition) is 2. The van der Waals surface area contributed by atoms with Crippen LogP contribution in [0.15, 0.2) is 91.5 Å². The molecule has 31 heavy (non-hydrogen) atoms. The molecular formula is C24H18Cl3N3O. The van der Waals surface area contributed by atoms with E-state index < -0.39 is 5.54 Å². The van der Waals surface area contributed by atoms with Crippen molar-refractivity contribution in [3.05, 3.63) is 123 Å². The van der Waals surface area contributed by atoms with Gasteiger partial charge in [0.2, 0.25) is 0 Å². The van der Waals surface area contributed by atoms with E-state index in [9.17, 15) is 4.79 Å². The van der Waals surface area contributed by atoms with E-state index in [1.807, 2.05) is 59.3 Å². The minimum atomic E-state index is -0.770. The van der Waals surface area contributed by atoms with Gasteiger partial charge < -0.3 is 9.88 Å². The average Bonchev–Trinajstić information content (AvgIpc) is 3.32. The second-order valence-electron chi connectivity index (χ2n) is 7.03. The molecule has 3 aromatic carbocycles. The number of aromatic nitrogens is 2. The van der Waals surface area contributed by atoms with Gasteiger partial charge in [0.15, 0.2) is 0 Å². The fraction of sp³-hybridized carbons (Fsp3) is 0.0833. The van der Waals surface area contributed by atoms with Gasteiger partial charge in [0.1, 0.15) is 5.54 Å². The van der Waals surface area contributed by atoms with Gasteiger partial charge in [0, 0.05) is 39.6 Å². The van der Waals surface area contributed by atoms with Crippen LogP contribution in [0.1, 0.15) is 21.5 Å². The third-order valence-corrected chi connectivity index (χ3v) is 5.96. The molecule has 0 atom stereocenters.